The zero-order valence-electron chi connectivity index (χ0n) is 18.4. The number of rotatable bonds is 6. The summed E-state index contributed by atoms with van der Waals surface area (Å²) in [5.74, 6) is 1.42. The van der Waals surface area contributed by atoms with Gasteiger partial charge >= 0.3 is 0 Å². The highest BCUT2D eigenvalue weighted by Crippen LogP contribution is 2.45. The van der Waals surface area contributed by atoms with Gasteiger partial charge in [-0.2, -0.15) is 0 Å². The number of hydrogen-bond donors (Lipinski definition) is 1. The van der Waals surface area contributed by atoms with E-state index in [1.807, 2.05) is 35.6 Å². The van der Waals surface area contributed by atoms with Gasteiger partial charge in [-0.3, -0.25) is 4.90 Å². The smallest absolute Gasteiger partial charge is 0.137 e. The minimum Gasteiger partial charge on any atom is -0.490 e. The molecule has 2 fully saturated rings. The first-order valence-electron chi connectivity index (χ1n) is 11.7. The minimum atomic E-state index is -0.496. The second-order valence-corrected chi connectivity index (χ2v) is 10.6. The lowest BCUT2D eigenvalue weighted by Crippen LogP contribution is -2.47. The van der Waals surface area contributed by atoms with Crippen LogP contribution in [-0.4, -0.2) is 41.3 Å². The number of hydrogen-bond acceptors (Lipinski definition) is 5. The zero-order valence-corrected chi connectivity index (χ0v) is 19.2. The molecule has 2 unspecified atom stereocenters. The highest BCUT2D eigenvalue weighted by Gasteiger charge is 2.42. The number of nitrogens with zero attached hydrogens (tertiary/aromatic N) is 1. The first kappa shape index (κ1) is 20.3. The average molecular weight is 448 g/mol. The van der Waals surface area contributed by atoms with Crippen LogP contribution in [0.5, 0.6) is 5.75 Å². The molecule has 2 aliphatic heterocycles. The van der Waals surface area contributed by atoms with Crippen LogP contribution in [-0.2, 0) is 0 Å². The summed E-state index contributed by atoms with van der Waals surface area (Å²) >= 11 is 1.97. The third-order valence-electron chi connectivity index (χ3n) is 7.29. The summed E-state index contributed by atoms with van der Waals surface area (Å²) in [4.78, 5) is 4.10. The predicted octanol–water partition coefficient (Wildman–Crippen LogP) is 6.11. The predicted molar refractivity (Wildman–Crippen MR) is 130 cm³/mol. The van der Waals surface area contributed by atoms with Crippen molar-refractivity contribution >= 4 is 32.4 Å². The molecule has 6 rings (SSSR count). The number of ether oxygens (including phenoxy) is 1. The molecule has 1 N–H and O–H groups in total. The Labute approximate surface area is 192 Å². The molecule has 0 spiro atoms. The Morgan fingerprint density at radius 3 is 2.81 bits per heavy atom. The first-order chi connectivity index (χ1) is 15.6. The van der Waals surface area contributed by atoms with Crippen LogP contribution >= 0.6 is 11.3 Å². The van der Waals surface area contributed by atoms with Crippen LogP contribution in [0, 0.1) is 6.92 Å². The molecule has 2 aliphatic rings. The SMILES string of the molecule is Cc1ccc2sc(C3CC4CCC(C3)N4C[C@H](O)COc3cccc4occc34)cc2c1. The molecule has 0 aliphatic carbocycles. The molecule has 4 aromatic rings. The normalized spacial score (nSPS) is 24.4. The topological polar surface area (TPSA) is 45.8 Å². The molecule has 2 saturated heterocycles. The van der Waals surface area contributed by atoms with Gasteiger partial charge < -0.3 is 14.3 Å². The summed E-state index contributed by atoms with van der Waals surface area (Å²) in [6.45, 7) is 3.16. The molecule has 2 aromatic heterocycles. The van der Waals surface area contributed by atoms with E-state index < -0.39 is 6.10 Å². The molecule has 4 heterocycles. The van der Waals surface area contributed by atoms with Crippen molar-refractivity contribution in [3.8, 4) is 5.75 Å². The summed E-state index contributed by atoms with van der Waals surface area (Å²) in [6.07, 6.45) is 6.06. The molecule has 3 atom stereocenters. The van der Waals surface area contributed by atoms with Gasteiger partial charge in [0.15, 0.2) is 0 Å². The Bertz CT molecular complexity index is 1230. The van der Waals surface area contributed by atoms with Gasteiger partial charge in [0.1, 0.15) is 24.0 Å². The van der Waals surface area contributed by atoms with Crippen molar-refractivity contribution in [2.45, 2.75) is 56.7 Å². The molecule has 2 bridgehead atoms. The molecule has 166 valence electrons. The summed E-state index contributed by atoms with van der Waals surface area (Å²) in [5.41, 5.74) is 2.14. The van der Waals surface area contributed by atoms with E-state index in [-0.39, 0.29) is 0 Å². The maximum atomic E-state index is 10.8. The van der Waals surface area contributed by atoms with E-state index in [0.717, 1.165) is 16.7 Å². The summed E-state index contributed by atoms with van der Waals surface area (Å²) < 4.78 is 12.8. The van der Waals surface area contributed by atoms with Crippen LogP contribution in [0.25, 0.3) is 21.1 Å². The fourth-order valence-corrected chi connectivity index (χ4v) is 6.93. The van der Waals surface area contributed by atoms with Crippen LogP contribution in [0.2, 0.25) is 0 Å². The molecular weight excluding hydrogens is 418 g/mol. The molecular formula is C27H29NO3S. The van der Waals surface area contributed by atoms with Crippen LogP contribution < -0.4 is 4.74 Å². The first-order valence-corrected chi connectivity index (χ1v) is 12.5. The lowest BCUT2D eigenvalue weighted by Gasteiger charge is -2.39. The van der Waals surface area contributed by atoms with Crippen molar-refractivity contribution in [2.75, 3.05) is 13.2 Å². The Kier molecular flexibility index (Phi) is 5.21. The molecule has 0 saturated carbocycles. The quantitative estimate of drug-likeness (QED) is 0.388. The standard InChI is InChI=1S/C27H29NO3S/c1-17-5-8-26-18(11-17)14-27(32-26)19-12-20-6-7-21(13-19)28(20)15-22(29)16-31-25-4-2-3-24-23(25)9-10-30-24/h2-5,8-11,14,19-22,29H,6-7,12-13,15-16H2,1H3/t19?,20?,21?,22-/m0/s1. The average Bonchev–Trinajstić information content (AvgIpc) is 3.48. The van der Waals surface area contributed by atoms with E-state index in [4.69, 9.17) is 9.15 Å². The number of benzene rings is 2. The largest absolute Gasteiger partial charge is 0.490 e. The van der Waals surface area contributed by atoms with E-state index in [1.54, 1.807) is 11.1 Å². The Hall–Kier alpha value is -2.34. The van der Waals surface area contributed by atoms with E-state index >= 15 is 0 Å². The van der Waals surface area contributed by atoms with Crippen molar-refractivity contribution in [3.63, 3.8) is 0 Å². The van der Waals surface area contributed by atoms with Gasteiger partial charge in [-0.15, -0.1) is 11.3 Å². The Balaban J connectivity index is 1.10. The van der Waals surface area contributed by atoms with Crippen molar-refractivity contribution in [2.24, 2.45) is 0 Å². The summed E-state index contributed by atoms with van der Waals surface area (Å²) in [7, 11) is 0. The number of aliphatic hydroxyl groups excluding tert-OH is 1. The van der Waals surface area contributed by atoms with Crippen LogP contribution in [0.15, 0.2) is 59.2 Å². The van der Waals surface area contributed by atoms with Gasteiger partial charge in [0, 0.05) is 28.2 Å². The van der Waals surface area contributed by atoms with Gasteiger partial charge in [0.25, 0.3) is 0 Å². The molecule has 0 amide bonds. The van der Waals surface area contributed by atoms with Crippen molar-refractivity contribution in [3.05, 3.63) is 65.2 Å². The van der Waals surface area contributed by atoms with Gasteiger partial charge in [-0.25, -0.2) is 0 Å². The third kappa shape index (κ3) is 3.72. The van der Waals surface area contributed by atoms with Crippen molar-refractivity contribution in [1.29, 1.82) is 0 Å². The number of thiophene rings is 1. The van der Waals surface area contributed by atoms with E-state index in [0.29, 0.717) is 31.2 Å². The van der Waals surface area contributed by atoms with E-state index in [1.165, 1.54) is 41.3 Å². The molecule has 0 radical (unpaired) electrons. The van der Waals surface area contributed by atoms with E-state index in [9.17, 15) is 5.11 Å². The molecule has 5 heteroatoms. The molecule has 2 aromatic carbocycles. The monoisotopic (exact) mass is 447 g/mol. The minimum absolute atomic E-state index is 0.305. The fraction of sp³-hybridized carbons (Fsp3) is 0.407. The van der Waals surface area contributed by atoms with Crippen LogP contribution in [0.4, 0.5) is 0 Å². The third-order valence-corrected chi connectivity index (χ3v) is 8.56. The second kappa shape index (κ2) is 8.22. The van der Waals surface area contributed by atoms with Crippen LogP contribution in [0.1, 0.15) is 42.0 Å². The van der Waals surface area contributed by atoms with Crippen molar-refractivity contribution in [1.82, 2.24) is 4.90 Å². The van der Waals surface area contributed by atoms with Gasteiger partial charge in [0.05, 0.1) is 11.6 Å². The maximum absolute atomic E-state index is 10.8. The number of aryl methyl sites for hydroxylation is 1. The highest BCUT2D eigenvalue weighted by molar-refractivity contribution is 7.19. The second-order valence-electron chi connectivity index (χ2n) is 9.49. The van der Waals surface area contributed by atoms with Gasteiger partial charge in [0.2, 0.25) is 0 Å². The lowest BCUT2D eigenvalue weighted by molar-refractivity contribution is 0.0323. The maximum Gasteiger partial charge on any atom is 0.137 e. The van der Waals surface area contributed by atoms with E-state index in [2.05, 4.69) is 36.1 Å². The van der Waals surface area contributed by atoms with Crippen LogP contribution in [0.3, 0.4) is 0 Å². The number of fused-ring (bicyclic) bond motifs is 4. The summed E-state index contributed by atoms with van der Waals surface area (Å²) in [5, 5.41) is 13.1. The lowest BCUT2D eigenvalue weighted by atomic mass is 9.89. The Morgan fingerprint density at radius 2 is 1.97 bits per heavy atom. The van der Waals surface area contributed by atoms with Gasteiger partial charge in [-0.05, 0) is 74.2 Å². The van der Waals surface area contributed by atoms with Gasteiger partial charge in [-0.1, -0.05) is 23.8 Å². The fourth-order valence-electron chi connectivity index (χ4n) is 5.76. The molecule has 32 heavy (non-hydrogen) atoms. The van der Waals surface area contributed by atoms with Crippen molar-refractivity contribution < 1.29 is 14.3 Å². The number of piperidine rings is 1. The number of furan rings is 1. The highest BCUT2D eigenvalue weighted by atomic mass is 32.1. The summed E-state index contributed by atoms with van der Waals surface area (Å²) in [6, 6.07) is 18.0. The Morgan fingerprint density at radius 1 is 1.12 bits per heavy atom. The zero-order chi connectivity index (χ0) is 21.7. The number of aliphatic hydroxyl groups is 1. The molecule has 4 nitrogen and oxygen atoms in total.